The number of hydrogen-bond donors (Lipinski definition) is 1. The maximum Gasteiger partial charge on any atom is 0.325 e. The van der Waals surface area contributed by atoms with E-state index in [0.29, 0.717) is 45.4 Å². The van der Waals surface area contributed by atoms with E-state index in [0.717, 1.165) is 38.5 Å². The van der Waals surface area contributed by atoms with Gasteiger partial charge in [0.1, 0.15) is 5.54 Å². The molecule has 1 saturated carbocycles. The Morgan fingerprint density at radius 1 is 0.967 bits per heavy atom. The minimum absolute atomic E-state index is 0.0858. The van der Waals surface area contributed by atoms with E-state index in [1.165, 1.54) is 11.3 Å². The predicted molar refractivity (Wildman–Crippen MR) is 110 cm³/mol. The molecule has 5 amide bonds. The van der Waals surface area contributed by atoms with E-state index in [1.807, 2.05) is 11.8 Å². The lowest BCUT2D eigenvalue weighted by molar-refractivity contribution is -0.142. The molecule has 1 aliphatic carbocycles. The van der Waals surface area contributed by atoms with Crippen molar-refractivity contribution in [3.05, 3.63) is 0 Å². The van der Waals surface area contributed by atoms with Crippen molar-refractivity contribution < 1.29 is 19.2 Å². The number of imide groups is 1. The van der Waals surface area contributed by atoms with E-state index < -0.39 is 5.54 Å². The largest absolute Gasteiger partial charge is 0.343 e. The van der Waals surface area contributed by atoms with Crippen molar-refractivity contribution in [2.24, 2.45) is 5.92 Å². The van der Waals surface area contributed by atoms with Crippen LogP contribution < -0.4 is 5.32 Å². The van der Waals surface area contributed by atoms with Crippen LogP contribution in [0.3, 0.4) is 0 Å². The van der Waals surface area contributed by atoms with Crippen LogP contribution in [0.2, 0.25) is 0 Å². The molecule has 1 unspecified atom stereocenters. The van der Waals surface area contributed by atoms with Gasteiger partial charge in [0, 0.05) is 38.5 Å². The Bertz CT molecular complexity index is 710. The van der Waals surface area contributed by atoms with Crippen molar-refractivity contribution in [2.75, 3.05) is 26.2 Å². The Morgan fingerprint density at radius 2 is 1.67 bits per heavy atom. The molecule has 3 saturated heterocycles. The molecule has 0 bridgehead atoms. The smallest absolute Gasteiger partial charge is 0.325 e. The molecule has 4 fully saturated rings. The molecule has 30 heavy (non-hydrogen) atoms. The van der Waals surface area contributed by atoms with E-state index in [1.54, 1.807) is 4.90 Å². The summed E-state index contributed by atoms with van der Waals surface area (Å²) in [4.78, 5) is 56.2. The minimum atomic E-state index is -0.892. The van der Waals surface area contributed by atoms with E-state index in [-0.39, 0.29) is 35.7 Å². The van der Waals surface area contributed by atoms with Crippen LogP contribution in [0.1, 0.15) is 71.1 Å². The van der Waals surface area contributed by atoms with Gasteiger partial charge < -0.3 is 15.1 Å². The topological polar surface area (TPSA) is 90.0 Å². The zero-order valence-electron chi connectivity index (χ0n) is 18.0. The first-order valence-corrected chi connectivity index (χ1v) is 11.7. The second kappa shape index (κ2) is 8.55. The Morgan fingerprint density at radius 3 is 2.33 bits per heavy atom. The number of nitrogens with zero attached hydrogens (tertiary/aromatic N) is 3. The predicted octanol–water partition coefficient (Wildman–Crippen LogP) is 1.88. The van der Waals surface area contributed by atoms with Gasteiger partial charge in [-0.25, -0.2) is 4.79 Å². The summed E-state index contributed by atoms with van der Waals surface area (Å²) < 4.78 is 0. The molecule has 3 heterocycles. The standard InChI is InChI=1S/C22H34N4O4/c1-2-18(27)24-13-10-22(11-14-24)20(29)26(21(30)23-22)17-9-6-12-25(15-17)19(28)16-7-4-3-5-8-16/h16-17H,2-15H2,1H3,(H,23,30). The number of rotatable bonds is 3. The first-order valence-electron chi connectivity index (χ1n) is 11.7. The Balaban J connectivity index is 1.41. The molecular formula is C22H34N4O4. The van der Waals surface area contributed by atoms with Crippen molar-refractivity contribution in [2.45, 2.75) is 82.7 Å². The normalized spacial score (nSPS) is 27.5. The highest BCUT2D eigenvalue weighted by atomic mass is 16.2. The minimum Gasteiger partial charge on any atom is -0.343 e. The molecule has 3 aliphatic heterocycles. The second-order valence-corrected chi connectivity index (χ2v) is 9.34. The third-order valence-electron chi connectivity index (χ3n) is 7.49. The molecule has 0 radical (unpaired) electrons. The Hall–Kier alpha value is -2.12. The molecule has 1 spiro atoms. The molecule has 166 valence electrons. The van der Waals surface area contributed by atoms with E-state index in [4.69, 9.17) is 0 Å². The number of carbonyl (C=O) groups is 4. The summed E-state index contributed by atoms with van der Waals surface area (Å²) in [6.07, 6.45) is 8.26. The summed E-state index contributed by atoms with van der Waals surface area (Å²) in [7, 11) is 0. The SMILES string of the molecule is CCC(=O)N1CCC2(CC1)NC(=O)N(C1CCCN(C(=O)C3CCCCC3)C1)C2=O. The van der Waals surface area contributed by atoms with Crippen LogP contribution in [0.4, 0.5) is 4.79 Å². The Kier molecular flexibility index (Phi) is 6.02. The fourth-order valence-electron chi connectivity index (χ4n) is 5.65. The van der Waals surface area contributed by atoms with Crippen molar-refractivity contribution in [3.63, 3.8) is 0 Å². The van der Waals surface area contributed by atoms with Gasteiger partial charge in [-0.1, -0.05) is 26.2 Å². The van der Waals surface area contributed by atoms with Gasteiger partial charge in [0.2, 0.25) is 11.8 Å². The third kappa shape index (κ3) is 3.81. The highest BCUT2D eigenvalue weighted by Gasteiger charge is 2.54. The Labute approximate surface area is 178 Å². The lowest BCUT2D eigenvalue weighted by Gasteiger charge is -2.40. The average molecular weight is 419 g/mol. The van der Waals surface area contributed by atoms with Gasteiger partial charge in [-0.05, 0) is 38.5 Å². The molecule has 0 aromatic heterocycles. The van der Waals surface area contributed by atoms with Crippen LogP contribution in [0.15, 0.2) is 0 Å². The van der Waals surface area contributed by atoms with Crippen LogP contribution >= 0.6 is 0 Å². The summed E-state index contributed by atoms with van der Waals surface area (Å²) in [6.45, 7) is 3.98. The quantitative estimate of drug-likeness (QED) is 0.709. The summed E-state index contributed by atoms with van der Waals surface area (Å²) >= 11 is 0. The highest BCUT2D eigenvalue weighted by molar-refractivity contribution is 6.07. The van der Waals surface area contributed by atoms with Gasteiger partial charge in [0.05, 0.1) is 6.04 Å². The molecule has 1 atom stereocenters. The van der Waals surface area contributed by atoms with Crippen LogP contribution in [-0.4, -0.2) is 76.2 Å². The van der Waals surface area contributed by atoms with Crippen molar-refractivity contribution in [1.29, 1.82) is 0 Å². The molecular weight excluding hydrogens is 384 g/mol. The first kappa shape index (κ1) is 21.1. The number of urea groups is 1. The molecule has 0 aromatic rings. The lowest BCUT2D eigenvalue weighted by atomic mass is 9.86. The average Bonchev–Trinajstić information content (AvgIpc) is 3.02. The zero-order chi connectivity index (χ0) is 21.3. The summed E-state index contributed by atoms with van der Waals surface area (Å²) in [5.74, 6) is 0.218. The highest BCUT2D eigenvalue weighted by Crippen LogP contribution is 2.33. The summed E-state index contributed by atoms with van der Waals surface area (Å²) in [5.41, 5.74) is -0.892. The molecule has 1 N–H and O–H groups in total. The fraction of sp³-hybridized carbons (Fsp3) is 0.818. The van der Waals surface area contributed by atoms with Gasteiger partial charge in [-0.3, -0.25) is 19.3 Å². The fourth-order valence-corrected chi connectivity index (χ4v) is 5.65. The van der Waals surface area contributed by atoms with E-state index in [2.05, 4.69) is 5.32 Å². The van der Waals surface area contributed by atoms with Crippen LogP contribution in [0.25, 0.3) is 0 Å². The van der Waals surface area contributed by atoms with Gasteiger partial charge in [0.15, 0.2) is 0 Å². The number of hydrogen-bond acceptors (Lipinski definition) is 4. The maximum atomic E-state index is 13.4. The number of nitrogens with one attached hydrogen (secondary N) is 1. The van der Waals surface area contributed by atoms with Crippen LogP contribution in [-0.2, 0) is 14.4 Å². The third-order valence-corrected chi connectivity index (χ3v) is 7.49. The molecule has 0 aromatic carbocycles. The zero-order valence-corrected chi connectivity index (χ0v) is 18.0. The maximum absolute atomic E-state index is 13.4. The van der Waals surface area contributed by atoms with Gasteiger partial charge in [-0.2, -0.15) is 0 Å². The van der Waals surface area contributed by atoms with Crippen LogP contribution in [0, 0.1) is 5.92 Å². The summed E-state index contributed by atoms with van der Waals surface area (Å²) in [5, 5.41) is 2.95. The van der Waals surface area contributed by atoms with Gasteiger partial charge in [0.25, 0.3) is 5.91 Å². The number of likely N-dealkylation sites (tertiary alicyclic amines) is 2. The van der Waals surface area contributed by atoms with E-state index >= 15 is 0 Å². The van der Waals surface area contributed by atoms with Crippen molar-refractivity contribution in [3.8, 4) is 0 Å². The summed E-state index contributed by atoms with van der Waals surface area (Å²) in [6, 6.07) is -0.597. The van der Waals surface area contributed by atoms with Crippen molar-refractivity contribution >= 4 is 23.8 Å². The number of piperidine rings is 2. The molecule has 8 nitrogen and oxygen atoms in total. The van der Waals surface area contributed by atoms with Gasteiger partial charge >= 0.3 is 6.03 Å². The first-order chi connectivity index (χ1) is 14.4. The van der Waals surface area contributed by atoms with E-state index in [9.17, 15) is 19.2 Å². The number of carbonyl (C=O) groups excluding carboxylic acids is 4. The van der Waals surface area contributed by atoms with Crippen LogP contribution in [0.5, 0.6) is 0 Å². The molecule has 4 aliphatic rings. The lowest BCUT2D eigenvalue weighted by Crippen LogP contribution is -2.57. The monoisotopic (exact) mass is 418 g/mol. The number of amides is 5. The van der Waals surface area contributed by atoms with Crippen molar-refractivity contribution in [1.82, 2.24) is 20.0 Å². The molecule has 8 heteroatoms. The van der Waals surface area contributed by atoms with Gasteiger partial charge in [-0.15, -0.1) is 0 Å². The molecule has 4 rings (SSSR count). The second-order valence-electron chi connectivity index (χ2n) is 9.34.